The number of nitriles is 2. The van der Waals surface area contributed by atoms with Crippen molar-refractivity contribution in [3.63, 3.8) is 0 Å². The van der Waals surface area contributed by atoms with Gasteiger partial charge >= 0.3 is 0 Å². The smallest absolute Gasteiger partial charge is 0.136 e. The molecular weight excluding hydrogens is 625 g/mol. The number of allylic oxidation sites excluding steroid dienone is 3. The maximum atomic E-state index is 9.99. The predicted octanol–water partition coefficient (Wildman–Crippen LogP) is 12.5. The van der Waals surface area contributed by atoms with E-state index in [1.807, 2.05) is 66.7 Å². The first-order chi connectivity index (χ1) is 25.2. The lowest BCUT2D eigenvalue weighted by molar-refractivity contribution is 0.670. The maximum Gasteiger partial charge on any atom is 0.136 e. The van der Waals surface area contributed by atoms with Crippen LogP contribution < -0.4 is 9.80 Å². The van der Waals surface area contributed by atoms with Crippen LogP contribution in [0, 0.1) is 22.7 Å². The Labute approximate surface area is 295 Å². The van der Waals surface area contributed by atoms with E-state index in [9.17, 15) is 10.5 Å². The summed E-state index contributed by atoms with van der Waals surface area (Å²) >= 11 is 0. The molecule has 1 aromatic heterocycles. The minimum atomic E-state index is 0.605. The number of benzene rings is 7. The van der Waals surface area contributed by atoms with Crippen molar-refractivity contribution >= 4 is 71.9 Å². The van der Waals surface area contributed by atoms with Crippen LogP contribution in [0.15, 0.2) is 173 Å². The summed E-state index contributed by atoms with van der Waals surface area (Å²) in [6.07, 6.45) is 5.95. The van der Waals surface area contributed by atoms with Gasteiger partial charge in [0, 0.05) is 33.5 Å². The van der Waals surface area contributed by atoms with E-state index in [1.54, 1.807) is 0 Å². The first kappa shape index (κ1) is 30.0. The average molecular weight is 655 g/mol. The van der Waals surface area contributed by atoms with Crippen molar-refractivity contribution < 1.29 is 4.42 Å². The van der Waals surface area contributed by atoms with Crippen LogP contribution in [0.1, 0.15) is 18.4 Å². The molecule has 0 aliphatic heterocycles. The lowest BCUT2D eigenvalue weighted by Gasteiger charge is -2.29. The monoisotopic (exact) mass is 654 g/mol. The number of anilines is 5. The molecule has 0 fully saturated rings. The number of hydrogen-bond donors (Lipinski definition) is 0. The molecule has 9 rings (SSSR count). The van der Waals surface area contributed by atoms with Crippen molar-refractivity contribution in [3.05, 3.63) is 175 Å². The third-order valence-electron chi connectivity index (χ3n) is 9.66. The Morgan fingerprint density at radius 2 is 1.02 bits per heavy atom. The molecule has 8 aromatic rings. The van der Waals surface area contributed by atoms with Crippen molar-refractivity contribution in [1.29, 1.82) is 10.5 Å². The summed E-state index contributed by atoms with van der Waals surface area (Å²) in [6, 6.07) is 54.4. The van der Waals surface area contributed by atoms with Gasteiger partial charge in [0.25, 0.3) is 0 Å². The summed E-state index contributed by atoms with van der Waals surface area (Å²) < 4.78 is 6.58. The highest BCUT2D eigenvalue weighted by Gasteiger charge is 2.21. The Kier molecular flexibility index (Phi) is 7.31. The van der Waals surface area contributed by atoms with Crippen LogP contribution in [0.3, 0.4) is 0 Å². The molecule has 5 heteroatoms. The second-order valence-corrected chi connectivity index (χ2v) is 12.7. The van der Waals surface area contributed by atoms with E-state index in [4.69, 9.17) is 4.42 Å². The summed E-state index contributed by atoms with van der Waals surface area (Å²) in [5.74, 6) is 0. The topological polar surface area (TPSA) is 67.2 Å². The standard InChI is InChI=1S/C46H30N4O/c47-29-33-11-7-9-17-43(33)49(37-13-3-1-4-14-37)39-21-19-31-25-41-42-26-32-20-22-40(24-36(32)28-46(42)51-45(41)27-35(31)23-39)50(38-15-5-2-6-16-38)44-18-10-8-12-34(44)30-48/h1-7,9,11-28H,8,10H2. The van der Waals surface area contributed by atoms with Crippen molar-refractivity contribution in [1.82, 2.24) is 0 Å². The highest BCUT2D eigenvalue weighted by atomic mass is 16.3. The summed E-state index contributed by atoms with van der Waals surface area (Å²) in [5.41, 5.74) is 8.58. The van der Waals surface area contributed by atoms with E-state index in [2.05, 4.69) is 113 Å². The second-order valence-electron chi connectivity index (χ2n) is 12.7. The molecule has 0 spiro atoms. The third-order valence-corrected chi connectivity index (χ3v) is 9.66. The van der Waals surface area contributed by atoms with Crippen LogP contribution in [0.2, 0.25) is 0 Å². The largest absolute Gasteiger partial charge is 0.456 e. The molecule has 0 N–H and O–H groups in total. The molecule has 0 atom stereocenters. The molecule has 0 saturated heterocycles. The fourth-order valence-corrected chi connectivity index (χ4v) is 7.26. The number of rotatable bonds is 6. The molecule has 0 amide bonds. The second kappa shape index (κ2) is 12.4. The van der Waals surface area contributed by atoms with Gasteiger partial charge in [-0.2, -0.15) is 10.5 Å². The van der Waals surface area contributed by atoms with E-state index in [0.29, 0.717) is 11.1 Å². The quantitative estimate of drug-likeness (QED) is 0.178. The normalized spacial score (nSPS) is 12.7. The molecule has 0 saturated carbocycles. The van der Waals surface area contributed by atoms with Crippen LogP contribution in [0.25, 0.3) is 43.5 Å². The van der Waals surface area contributed by atoms with Gasteiger partial charge in [0.2, 0.25) is 0 Å². The number of furan rings is 1. The van der Waals surface area contributed by atoms with Crippen LogP contribution in [-0.4, -0.2) is 0 Å². The van der Waals surface area contributed by atoms with Crippen molar-refractivity contribution in [2.45, 2.75) is 12.8 Å². The zero-order valence-corrected chi connectivity index (χ0v) is 27.6. The van der Waals surface area contributed by atoms with Gasteiger partial charge in [-0.1, -0.05) is 72.8 Å². The fourth-order valence-electron chi connectivity index (χ4n) is 7.26. The Bertz CT molecular complexity index is 2780. The first-order valence-electron chi connectivity index (χ1n) is 17.0. The van der Waals surface area contributed by atoms with Crippen LogP contribution in [-0.2, 0) is 0 Å². The van der Waals surface area contributed by atoms with Crippen LogP contribution >= 0.6 is 0 Å². The minimum absolute atomic E-state index is 0.605. The highest BCUT2D eigenvalue weighted by molar-refractivity contribution is 6.14. The molecule has 51 heavy (non-hydrogen) atoms. The molecule has 1 aliphatic carbocycles. The summed E-state index contributed by atoms with van der Waals surface area (Å²) in [5, 5.41) is 26.4. The van der Waals surface area contributed by atoms with Gasteiger partial charge in [-0.3, -0.25) is 0 Å². The van der Waals surface area contributed by atoms with Crippen molar-refractivity contribution in [2.75, 3.05) is 9.80 Å². The van der Waals surface area contributed by atoms with Gasteiger partial charge in [0.15, 0.2) is 0 Å². The van der Waals surface area contributed by atoms with E-state index >= 15 is 0 Å². The lowest BCUT2D eigenvalue weighted by atomic mass is 10.00. The maximum absolute atomic E-state index is 9.99. The van der Waals surface area contributed by atoms with E-state index in [0.717, 1.165) is 90.5 Å². The van der Waals surface area contributed by atoms with Gasteiger partial charge < -0.3 is 14.2 Å². The molecule has 0 radical (unpaired) electrons. The fraction of sp³-hybridized carbons (Fsp3) is 0.0435. The third kappa shape index (κ3) is 5.26. The Balaban J connectivity index is 1.16. The molecule has 1 aliphatic rings. The van der Waals surface area contributed by atoms with E-state index in [-0.39, 0.29) is 0 Å². The molecule has 0 bridgehead atoms. The first-order valence-corrected chi connectivity index (χ1v) is 17.0. The summed E-state index contributed by atoms with van der Waals surface area (Å²) in [6.45, 7) is 0. The summed E-state index contributed by atoms with van der Waals surface area (Å²) in [4.78, 5) is 4.30. The molecular formula is C46H30N4O. The lowest BCUT2D eigenvalue weighted by Crippen LogP contribution is -2.19. The predicted molar refractivity (Wildman–Crippen MR) is 208 cm³/mol. The van der Waals surface area contributed by atoms with Crippen LogP contribution in [0.4, 0.5) is 28.4 Å². The number of hydrogen-bond acceptors (Lipinski definition) is 5. The molecule has 0 unspecified atom stereocenters. The van der Waals surface area contributed by atoms with E-state index < -0.39 is 0 Å². The van der Waals surface area contributed by atoms with Crippen LogP contribution in [0.5, 0.6) is 0 Å². The van der Waals surface area contributed by atoms with Gasteiger partial charge in [0.1, 0.15) is 23.3 Å². The zero-order valence-electron chi connectivity index (χ0n) is 27.6. The zero-order chi connectivity index (χ0) is 34.3. The molecule has 1 heterocycles. The Hall–Kier alpha value is -7.08. The Morgan fingerprint density at radius 1 is 0.471 bits per heavy atom. The van der Waals surface area contributed by atoms with E-state index in [1.165, 1.54) is 0 Å². The van der Waals surface area contributed by atoms with Gasteiger partial charge in [-0.05, 0) is 119 Å². The number of fused-ring (bicyclic) bond motifs is 5. The van der Waals surface area contributed by atoms with Gasteiger partial charge in [-0.25, -0.2) is 0 Å². The van der Waals surface area contributed by atoms with Crippen molar-refractivity contribution in [2.24, 2.45) is 0 Å². The molecule has 5 nitrogen and oxygen atoms in total. The highest BCUT2D eigenvalue weighted by Crippen LogP contribution is 2.41. The van der Waals surface area contributed by atoms with Gasteiger partial charge in [0.05, 0.1) is 22.5 Å². The number of nitrogens with zero attached hydrogens (tertiary/aromatic N) is 4. The molecule has 240 valence electrons. The summed E-state index contributed by atoms with van der Waals surface area (Å²) in [7, 11) is 0. The average Bonchev–Trinajstić information content (AvgIpc) is 3.53. The van der Waals surface area contributed by atoms with Crippen molar-refractivity contribution in [3.8, 4) is 12.1 Å². The minimum Gasteiger partial charge on any atom is -0.456 e. The number of para-hydroxylation sites is 3. The SMILES string of the molecule is N#CC1=CCCC=C1N(c1ccccc1)c1ccc2cc3c(cc2c1)oc1cc2cc(N(c4ccccc4)c4ccccc4C#N)ccc2cc13. The van der Waals surface area contributed by atoms with Gasteiger partial charge in [-0.15, -0.1) is 0 Å². The Morgan fingerprint density at radius 3 is 1.63 bits per heavy atom. The molecule has 7 aromatic carbocycles.